The van der Waals surface area contributed by atoms with Gasteiger partial charge in [-0.2, -0.15) is 0 Å². The van der Waals surface area contributed by atoms with Crippen LogP contribution in [0, 0.1) is 0 Å². The first-order valence-electron chi connectivity index (χ1n) is 11.3. The highest BCUT2D eigenvalue weighted by Crippen LogP contribution is 2.34. The molecule has 3 aromatic carbocycles. The molecule has 0 bridgehead atoms. The number of amides is 1. The molecule has 1 amide bonds. The largest absolute Gasteiger partial charge is 0.336 e. The minimum Gasteiger partial charge on any atom is -0.336 e. The van der Waals surface area contributed by atoms with E-state index in [1.807, 2.05) is 18.2 Å². The Bertz CT molecular complexity index is 1310. The molecule has 0 radical (unpaired) electrons. The molecule has 0 unspecified atom stereocenters. The first-order chi connectivity index (χ1) is 16.5. The lowest BCUT2D eigenvalue weighted by atomic mass is 9.83. The standard InChI is InChI=1S/C28H23ClN2O3/c29-25-23(13-12-22-24(25)27(33)21-11-5-4-10-20(21)26(22)32)28(34)31-17-15-30(16-18-31)14-6-9-19-7-2-1-3-8-19/h1-13H,14-18H2/b9-6+. The topological polar surface area (TPSA) is 57.7 Å². The third-order valence-electron chi connectivity index (χ3n) is 6.39. The number of hydrogen-bond donors (Lipinski definition) is 0. The van der Waals surface area contributed by atoms with Crippen LogP contribution in [-0.2, 0) is 0 Å². The van der Waals surface area contributed by atoms with Crippen LogP contribution in [0.15, 0.2) is 72.8 Å². The van der Waals surface area contributed by atoms with E-state index in [0.717, 1.165) is 25.2 Å². The van der Waals surface area contributed by atoms with E-state index in [0.29, 0.717) is 24.2 Å². The Morgan fingerprint density at radius 2 is 1.44 bits per heavy atom. The number of rotatable bonds is 4. The Kier molecular flexibility index (Phi) is 6.14. The molecule has 2 aliphatic rings. The number of benzene rings is 3. The third kappa shape index (κ3) is 4.09. The summed E-state index contributed by atoms with van der Waals surface area (Å²) in [7, 11) is 0. The van der Waals surface area contributed by atoms with E-state index in [4.69, 9.17) is 11.6 Å². The second-order valence-electron chi connectivity index (χ2n) is 8.46. The van der Waals surface area contributed by atoms with Crippen LogP contribution >= 0.6 is 11.6 Å². The van der Waals surface area contributed by atoms with E-state index in [1.165, 1.54) is 0 Å². The number of nitrogens with zero attached hydrogens (tertiary/aromatic N) is 2. The van der Waals surface area contributed by atoms with Gasteiger partial charge in [0.1, 0.15) is 0 Å². The van der Waals surface area contributed by atoms with E-state index in [2.05, 4.69) is 29.2 Å². The number of halogens is 1. The molecule has 170 valence electrons. The molecule has 0 aromatic heterocycles. The van der Waals surface area contributed by atoms with Crippen molar-refractivity contribution in [1.82, 2.24) is 9.80 Å². The van der Waals surface area contributed by atoms with Crippen molar-refractivity contribution < 1.29 is 14.4 Å². The Labute approximate surface area is 203 Å². The van der Waals surface area contributed by atoms with E-state index in [-0.39, 0.29) is 39.2 Å². The predicted octanol–water partition coefficient (Wildman–Crippen LogP) is 4.59. The van der Waals surface area contributed by atoms with Crippen molar-refractivity contribution in [2.75, 3.05) is 32.7 Å². The van der Waals surface area contributed by atoms with Crippen molar-refractivity contribution >= 4 is 35.2 Å². The smallest absolute Gasteiger partial charge is 0.255 e. The van der Waals surface area contributed by atoms with Gasteiger partial charge < -0.3 is 4.90 Å². The molecule has 0 atom stereocenters. The number of ketones is 2. The molecule has 1 aliphatic carbocycles. The first kappa shape index (κ1) is 22.3. The fraction of sp³-hybridized carbons (Fsp3) is 0.179. The van der Waals surface area contributed by atoms with E-state index in [9.17, 15) is 14.4 Å². The summed E-state index contributed by atoms with van der Waals surface area (Å²) in [6.07, 6.45) is 4.23. The molecule has 5 rings (SSSR count). The summed E-state index contributed by atoms with van der Waals surface area (Å²) in [5.41, 5.74) is 2.49. The summed E-state index contributed by atoms with van der Waals surface area (Å²) < 4.78 is 0. The minimum atomic E-state index is -0.320. The van der Waals surface area contributed by atoms with E-state index in [1.54, 1.807) is 41.3 Å². The summed E-state index contributed by atoms with van der Waals surface area (Å²) in [5, 5.41) is 0.0589. The van der Waals surface area contributed by atoms with Gasteiger partial charge in [0.2, 0.25) is 0 Å². The van der Waals surface area contributed by atoms with Crippen LogP contribution in [0.4, 0.5) is 0 Å². The lowest BCUT2D eigenvalue weighted by molar-refractivity contribution is 0.0650. The SMILES string of the molecule is O=C1c2ccccc2C(=O)c2c1ccc(C(=O)N1CCN(C/C=C/c3ccccc3)CC1)c2Cl. The lowest BCUT2D eigenvalue weighted by Gasteiger charge is -2.34. The maximum absolute atomic E-state index is 13.3. The van der Waals surface area contributed by atoms with Gasteiger partial charge in [0.15, 0.2) is 11.6 Å². The van der Waals surface area contributed by atoms with Gasteiger partial charge in [-0.05, 0) is 17.7 Å². The maximum Gasteiger partial charge on any atom is 0.255 e. The van der Waals surface area contributed by atoms with Crippen LogP contribution in [0.25, 0.3) is 6.08 Å². The second kappa shape index (κ2) is 9.37. The van der Waals surface area contributed by atoms with Crippen LogP contribution in [0.3, 0.4) is 0 Å². The van der Waals surface area contributed by atoms with Crippen LogP contribution < -0.4 is 0 Å². The molecule has 1 aliphatic heterocycles. The van der Waals surface area contributed by atoms with Crippen LogP contribution in [-0.4, -0.2) is 60.0 Å². The highest BCUT2D eigenvalue weighted by atomic mass is 35.5. The zero-order valence-electron chi connectivity index (χ0n) is 18.5. The molecular formula is C28H23ClN2O3. The molecule has 3 aromatic rings. The number of piperazine rings is 1. The summed E-state index contributed by atoms with van der Waals surface area (Å²) in [6.45, 7) is 3.45. The molecule has 1 fully saturated rings. The van der Waals surface area contributed by atoms with E-state index >= 15 is 0 Å². The predicted molar refractivity (Wildman–Crippen MR) is 133 cm³/mol. The Balaban J connectivity index is 1.28. The van der Waals surface area contributed by atoms with Crippen molar-refractivity contribution in [3.8, 4) is 0 Å². The van der Waals surface area contributed by atoms with Gasteiger partial charge in [-0.15, -0.1) is 0 Å². The quantitative estimate of drug-likeness (QED) is 0.438. The van der Waals surface area contributed by atoms with Crippen LogP contribution in [0.2, 0.25) is 5.02 Å². The molecule has 34 heavy (non-hydrogen) atoms. The molecule has 0 N–H and O–H groups in total. The zero-order chi connectivity index (χ0) is 23.7. The van der Waals surface area contributed by atoms with Crippen molar-refractivity contribution in [3.63, 3.8) is 0 Å². The van der Waals surface area contributed by atoms with Crippen LogP contribution in [0.1, 0.15) is 47.8 Å². The molecular weight excluding hydrogens is 448 g/mol. The average Bonchev–Trinajstić information content (AvgIpc) is 2.88. The van der Waals surface area contributed by atoms with Crippen LogP contribution in [0.5, 0.6) is 0 Å². The highest BCUT2D eigenvalue weighted by Gasteiger charge is 2.34. The third-order valence-corrected chi connectivity index (χ3v) is 6.79. The summed E-state index contributed by atoms with van der Waals surface area (Å²) in [4.78, 5) is 43.3. The van der Waals surface area contributed by atoms with Crippen molar-refractivity contribution in [3.05, 3.63) is 111 Å². The fourth-order valence-corrected chi connectivity index (χ4v) is 4.85. The fourth-order valence-electron chi connectivity index (χ4n) is 4.52. The Hall–Kier alpha value is -3.54. The summed E-state index contributed by atoms with van der Waals surface area (Å²) in [5.74, 6) is -0.783. The second-order valence-corrected chi connectivity index (χ2v) is 8.84. The maximum atomic E-state index is 13.3. The number of carbonyl (C=O) groups is 3. The van der Waals surface area contributed by atoms with Crippen molar-refractivity contribution in [2.45, 2.75) is 0 Å². The minimum absolute atomic E-state index is 0.0589. The van der Waals surface area contributed by atoms with Gasteiger partial charge in [0.25, 0.3) is 5.91 Å². The molecule has 5 nitrogen and oxygen atoms in total. The Morgan fingerprint density at radius 3 is 2.15 bits per heavy atom. The zero-order valence-corrected chi connectivity index (χ0v) is 19.3. The van der Waals surface area contributed by atoms with Gasteiger partial charge in [0, 0.05) is 49.4 Å². The molecule has 6 heteroatoms. The van der Waals surface area contributed by atoms with Crippen molar-refractivity contribution in [1.29, 1.82) is 0 Å². The normalized spacial score (nSPS) is 16.0. The number of hydrogen-bond acceptors (Lipinski definition) is 4. The van der Waals surface area contributed by atoms with Crippen molar-refractivity contribution in [2.24, 2.45) is 0 Å². The molecule has 0 spiro atoms. The number of carbonyl (C=O) groups excluding carboxylic acids is 3. The van der Waals surface area contributed by atoms with Gasteiger partial charge in [-0.3, -0.25) is 19.3 Å². The monoisotopic (exact) mass is 470 g/mol. The number of fused-ring (bicyclic) bond motifs is 2. The first-order valence-corrected chi connectivity index (χ1v) is 11.7. The summed E-state index contributed by atoms with van der Waals surface area (Å²) in [6, 6.07) is 20.0. The Morgan fingerprint density at radius 1 is 0.794 bits per heavy atom. The van der Waals surface area contributed by atoms with Gasteiger partial charge in [-0.25, -0.2) is 0 Å². The summed E-state index contributed by atoms with van der Waals surface area (Å²) >= 11 is 6.58. The van der Waals surface area contributed by atoms with Gasteiger partial charge in [-0.1, -0.05) is 78.4 Å². The molecule has 1 heterocycles. The van der Waals surface area contributed by atoms with E-state index < -0.39 is 0 Å². The molecule has 0 saturated carbocycles. The molecule has 1 saturated heterocycles. The van der Waals surface area contributed by atoms with Gasteiger partial charge in [0.05, 0.1) is 16.1 Å². The average molecular weight is 471 g/mol. The highest BCUT2D eigenvalue weighted by molar-refractivity contribution is 6.41. The van der Waals surface area contributed by atoms with Gasteiger partial charge >= 0.3 is 0 Å². The lowest BCUT2D eigenvalue weighted by Crippen LogP contribution is -2.48.